The van der Waals surface area contributed by atoms with Gasteiger partial charge in [0, 0.05) is 39.4 Å². The number of aliphatic carboxylic acids is 1. The van der Waals surface area contributed by atoms with Crippen LogP contribution in [0.2, 0.25) is 0 Å². The maximum atomic E-state index is 14.3. The molecule has 0 aliphatic carbocycles. The molecule has 9 atom stereocenters. The lowest BCUT2D eigenvalue weighted by Crippen LogP contribution is -2.59. The number of benzene rings is 1. The van der Waals surface area contributed by atoms with Crippen molar-refractivity contribution < 1.29 is 51.7 Å². The minimum absolute atomic E-state index is 0.00751. The number of likely N-dealkylation sites (tertiary alicyclic amines) is 1. The summed E-state index contributed by atoms with van der Waals surface area (Å²) in [5.41, 5.74) is 1.09. The molecule has 3 N–H and O–H groups in total. The molecule has 1 aliphatic rings. The van der Waals surface area contributed by atoms with Gasteiger partial charge in [-0.15, -0.1) is 11.3 Å². The van der Waals surface area contributed by atoms with Gasteiger partial charge >= 0.3 is 12.1 Å². The van der Waals surface area contributed by atoms with Crippen LogP contribution >= 0.6 is 11.3 Å². The molecule has 4 amide bonds. The highest BCUT2D eigenvalue weighted by Gasteiger charge is 2.43. The first kappa shape index (κ1) is 54.0. The van der Waals surface area contributed by atoms with E-state index in [0.29, 0.717) is 19.4 Å². The van der Waals surface area contributed by atoms with E-state index < -0.39 is 42.4 Å². The number of carbonyl (C=O) groups is 5. The van der Waals surface area contributed by atoms with Crippen LogP contribution in [0.3, 0.4) is 0 Å². The van der Waals surface area contributed by atoms with Crippen LogP contribution < -0.4 is 10.6 Å². The average Bonchev–Trinajstić information content (AvgIpc) is 3.93. The zero-order valence-electron chi connectivity index (χ0n) is 38.3. The molecule has 0 bridgehead atoms. The van der Waals surface area contributed by atoms with E-state index in [1.54, 1.807) is 32.4 Å². The Balaban J connectivity index is 0.00000173. The fraction of sp³-hybridized carbons (Fsp3) is 0.682. The summed E-state index contributed by atoms with van der Waals surface area (Å²) in [6.07, 6.45) is -1.60. The average molecular weight is 899 g/mol. The summed E-state index contributed by atoms with van der Waals surface area (Å²) in [6, 6.07) is 7.83. The molecule has 2 aromatic rings. The van der Waals surface area contributed by atoms with E-state index in [9.17, 15) is 32.3 Å². The van der Waals surface area contributed by atoms with Crippen molar-refractivity contribution in [2.45, 2.75) is 129 Å². The molecule has 2 heterocycles. The number of ether oxygens (including phenoxy) is 2. The van der Waals surface area contributed by atoms with Crippen LogP contribution in [0.15, 0.2) is 41.9 Å². The van der Waals surface area contributed by atoms with Gasteiger partial charge in [0.2, 0.25) is 23.6 Å². The molecular formula is C44H69F3N6O8S. The van der Waals surface area contributed by atoms with E-state index in [2.05, 4.69) is 29.5 Å². The predicted molar refractivity (Wildman–Crippen MR) is 232 cm³/mol. The summed E-state index contributed by atoms with van der Waals surface area (Å²) in [5.74, 6) is -4.11. The van der Waals surface area contributed by atoms with E-state index >= 15 is 0 Å². The summed E-state index contributed by atoms with van der Waals surface area (Å²) in [5, 5.41) is 16.1. The molecule has 1 aromatic heterocycles. The highest BCUT2D eigenvalue weighted by molar-refractivity contribution is 7.09. The molecule has 62 heavy (non-hydrogen) atoms. The van der Waals surface area contributed by atoms with Gasteiger partial charge in [0.1, 0.15) is 11.0 Å². The molecule has 0 radical (unpaired) electrons. The molecule has 0 saturated carbocycles. The lowest BCUT2D eigenvalue weighted by Gasteiger charge is -2.41. The summed E-state index contributed by atoms with van der Waals surface area (Å²) in [4.78, 5) is 74.7. The molecule has 1 aromatic carbocycles. The largest absolute Gasteiger partial charge is 0.490 e. The number of halogens is 3. The number of amides is 4. The summed E-state index contributed by atoms with van der Waals surface area (Å²) >= 11 is 1.51. The molecule has 1 fully saturated rings. The fourth-order valence-corrected chi connectivity index (χ4v) is 8.86. The Kier molecular flexibility index (Phi) is 22.0. The van der Waals surface area contributed by atoms with E-state index in [1.165, 1.54) is 11.3 Å². The zero-order chi connectivity index (χ0) is 47.1. The molecule has 0 spiro atoms. The number of aromatic nitrogens is 1. The van der Waals surface area contributed by atoms with Crippen molar-refractivity contribution in [1.29, 1.82) is 0 Å². The smallest absolute Gasteiger partial charge is 0.475 e. The van der Waals surface area contributed by atoms with E-state index in [-0.39, 0.29) is 65.9 Å². The van der Waals surface area contributed by atoms with Gasteiger partial charge < -0.3 is 35.0 Å². The number of likely N-dealkylation sites (N-methyl/N-ethyl adjacent to an activating group) is 2. The Morgan fingerprint density at radius 1 is 0.952 bits per heavy atom. The molecule has 1 saturated heterocycles. The van der Waals surface area contributed by atoms with Crippen molar-refractivity contribution >= 4 is 40.9 Å². The first-order valence-electron chi connectivity index (χ1n) is 21.1. The number of nitrogens with zero attached hydrogens (tertiary/aromatic N) is 4. The predicted octanol–water partition coefficient (Wildman–Crippen LogP) is 5.82. The Labute approximate surface area is 369 Å². The summed E-state index contributed by atoms with van der Waals surface area (Å²) in [6.45, 7) is 14.3. The SMILES string of the molecule is CC[C@H](C)[C@@H]([C@@H](CC(=O)N1CCC[C@H]1[C@H](OC)[C@@H](C)C(=O)N[C@@H](Cc1ccccc1)c1nccs1)OC)N(C)C(=O)[C@@H](NC(=O)[C@H](C(C)C)N(C)C)C(C)C.O=C(O)C(F)(F)F. The quantitative estimate of drug-likeness (QED) is 0.139. The highest BCUT2D eigenvalue weighted by Crippen LogP contribution is 2.31. The minimum atomic E-state index is -5.08. The monoisotopic (exact) mass is 898 g/mol. The van der Waals surface area contributed by atoms with Gasteiger partial charge in [-0.1, -0.05) is 85.2 Å². The van der Waals surface area contributed by atoms with Gasteiger partial charge in [-0.25, -0.2) is 9.78 Å². The number of alkyl halides is 3. The molecular weight excluding hydrogens is 830 g/mol. The van der Waals surface area contributed by atoms with Crippen molar-refractivity contribution in [3.63, 3.8) is 0 Å². The lowest BCUT2D eigenvalue weighted by molar-refractivity contribution is -0.192. The third kappa shape index (κ3) is 15.3. The lowest BCUT2D eigenvalue weighted by atomic mass is 9.89. The number of carboxylic acids is 1. The number of carboxylic acid groups (broad SMARTS) is 1. The van der Waals surface area contributed by atoms with Crippen LogP contribution in [0.4, 0.5) is 13.2 Å². The number of rotatable bonds is 21. The molecule has 3 rings (SSSR count). The van der Waals surface area contributed by atoms with Crippen molar-refractivity contribution in [2.75, 3.05) is 41.9 Å². The zero-order valence-corrected chi connectivity index (χ0v) is 39.1. The normalized spacial score (nSPS) is 18.2. The van der Waals surface area contributed by atoms with Crippen molar-refractivity contribution in [3.05, 3.63) is 52.5 Å². The van der Waals surface area contributed by atoms with Gasteiger partial charge in [-0.3, -0.25) is 24.1 Å². The van der Waals surface area contributed by atoms with Gasteiger partial charge in [-0.05, 0) is 56.7 Å². The second kappa shape index (κ2) is 25.2. The Hall–Kier alpha value is -4.13. The Bertz CT molecular complexity index is 1690. The van der Waals surface area contributed by atoms with Crippen LogP contribution in [0.25, 0.3) is 0 Å². The third-order valence-electron chi connectivity index (χ3n) is 11.5. The van der Waals surface area contributed by atoms with Gasteiger partial charge in [0.15, 0.2) is 0 Å². The van der Waals surface area contributed by atoms with E-state index in [0.717, 1.165) is 23.4 Å². The van der Waals surface area contributed by atoms with Gasteiger partial charge in [0.05, 0.1) is 48.7 Å². The highest BCUT2D eigenvalue weighted by atomic mass is 32.1. The second-order valence-corrected chi connectivity index (χ2v) is 17.8. The van der Waals surface area contributed by atoms with Crippen molar-refractivity contribution in [3.8, 4) is 0 Å². The molecule has 0 unspecified atom stereocenters. The molecule has 14 nitrogen and oxygen atoms in total. The summed E-state index contributed by atoms with van der Waals surface area (Å²) in [7, 11) is 8.66. The Morgan fingerprint density at radius 3 is 2.03 bits per heavy atom. The van der Waals surface area contributed by atoms with Crippen LogP contribution in [0, 0.1) is 23.7 Å². The first-order chi connectivity index (χ1) is 29.0. The Morgan fingerprint density at radius 2 is 1.56 bits per heavy atom. The van der Waals surface area contributed by atoms with Crippen molar-refractivity contribution in [2.24, 2.45) is 23.7 Å². The van der Waals surface area contributed by atoms with Crippen LogP contribution in [-0.2, 0) is 39.9 Å². The third-order valence-corrected chi connectivity index (χ3v) is 12.4. The van der Waals surface area contributed by atoms with Gasteiger partial charge in [-0.2, -0.15) is 13.2 Å². The van der Waals surface area contributed by atoms with Crippen LogP contribution in [-0.4, -0.2) is 139 Å². The topological polar surface area (TPSA) is 171 Å². The second-order valence-electron chi connectivity index (χ2n) is 16.9. The standard InChI is InChI=1S/C42H68N6O6S.C2HF3O2/c1-13-28(6)37(47(10)42(52)35(26(2)3)45-40(51)36(27(4)5)46(8)9)33(53-11)25-34(49)48-22-17-20-32(48)38(54-12)29(7)39(50)44-31(41-43-21-23-55-41)24-30-18-15-14-16-19-30;3-2(4,5)1(6)7/h14-16,18-19,21,23,26-29,31-33,35-38H,13,17,20,22,24-25H2,1-12H3,(H,44,50)(H,45,51);(H,6,7)/t28-,29+,31-,32-,33+,35-,36-,37-,38+;/m0./s1. The molecule has 18 heteroatoms. The van der Waals surface area contributed by atoms with Crippen LogP contribution in [0.1, 0.15) is 90.8 Å². The molecule has 350 valence electrons. The van der Waals surface area contributed by atoms with Crippen LogP contribution in [0.5, 0.6) is 0 Å². The molecule has 1 aliphatic heterocycles. The van der Waals surface area contributed by atoms with E-state index in [4.69, 9.17) is 19.4 Å². The minimum Gasteiger partial charge on any atom is -0.475 e. The number of hydrogen-bond donors (Lipinski definition) is 3. The maximum Gasteiger partial charge on any atom is 0.490 e. The summed E-state index contributed by atoms with van der Waals surface area (Å²) < 4.78 is 43.8. The first-order valence-corrected chi connectivity index (χ1v) is 22.0. The number of thiazole rings is 1. The number of carbonyl (C=O) groups excluding carboxylic acids is 4. The van der Waals surface area contributed by atoms with Crippen molar-refractivity contribution in [1.82, 2.24) is 30.3 Å². The number of methoxy groups -OCH3 is 2. The number of hydrogen-bond acceptors (Lipinski definition) is 10. The van der Waals surface area contributed by atoms with Gasteiger partial charge in [0.25, 0.3) is 0 Å². The van der Waals surface area contributed by atoms with E-state index in [1.807, 2.05) is 94.2 Å². The number of nitrogens with one attached hydrogen (secondary N) is 2. The maximum absolute atomic E-state index is 14.3. The fourth-order valence-electron chi connectivity index (χ4n) is 8.17.